The predicted octanol–water partition coefficient (Wildman–Crippen LogP) is 3.04. The van der Waals surface area contributed by atoms with Gasteiger partial charge in [-0.25, -0.2) is 0 Å². The summed E-state index contributed by atoms with van der Waals surface area (Å²) in [5.41, 5.74) is 8.00. The maximum absolute atomic E-state index is 5.50. The lowest BCUT2D eigenvalue weighted by Crippen LogP contribution is -2.08. The molecular weight excluding hydrogens is 218 g/mol. The van der Waals surface area contributed by atoms with Crippen molar-refractivity contribution in [2.45, 2.75) is 32.6 Å². The molecule has 0 heterocycles. The first-order valence-electron chi connectivity index (χ1n) is 5.49. The van der Waals surface area contributed by atoms with Crippen LogP contribution in [0.15, 0.2) is 18.2 Å². The molecule has 0 saturated heterocycles. The van der Waals surface area contributed by atoms with Crippen LogP contribution in [0.4, 0.5) is 0 Å². The van der Waals surface area contributed by atoms with Gasteiger partial charge < -0.3 is 10.5 Å². The molecule has 0 aliphatic heterocycles. The van der Waals surface area contributed by atoms with Crippen LogP contribution in [0, 0.1) is 0 Å². The number of thiocarbonyl (C=S) groups is 1. The molecule has 88 valence electrons. The molecule has 3 heteroatoms. The van der Waals surface area contributed by atoms with E-state index < -0.39 is 0 Å². The lowest BCUT2D eigenvalue weighted by Gasteiger charge is -2.13. The Morgan fingerprint density at radius 1 is 1.44 bits per heavy atom. The summed E-state index contributed by atoms with van der Waals surface area (Å²) in [6.07, 6.45) is 1.66. The Balaban J connectivity index is 2.89. The van der Waals surface area contributed by atoms with Gasteiger partial charge in [-0.15, -0.1) is 0 Å². The molecule has 1 aromatic carbocycles. The number of benzene rings is 1. The van der Waals surface area contributed by atoms with Gasteiger partial charge in [0, 0.05) is 6.42 Å². The zero-order valence-electron chi connectivity index (χ0n) is 10.1. The van der Waals surface area contributed by atoms with Crippen molar-refractivity contribution in [2.24, 2.45) is 5.73 Å². The van der Waals surface area contributed by atoms with E-state index in [2.05, 4.69) is 26.0 Å². The van der Waals surface area contributed by atoms with E-state index >= 15 is 0 Å². The van der Waals surface area contributed by atoms with Crippen molar-refractivity contribution < 1.29 is 4.74 Å². The Labute approximate surface area is 103 Å². The highest BCUT2D eigenvalue weighted by Gasteiger charge is 2.08. The second-order valence-corrected chi connectivity index (χ2v) is 4.72. The standard InChI is InChI=1S/C13H19NOS/c1-9(2)11-8-10(5-7-13(14)16)4-6-12(11)15-3/h4,6,8-9H,5,7H2,1-3H3,(H2,14,16). The predicted molar refractivity (Wildman–Crippen MR) is 72.2 cm³/mol. The van der Waals surface area contributed by atoms with Crippen molar-refractivity contribution in [2.75, 3.05) is 7.11 Å². The lowest BCUT2D eigenvalue weighted by molar-refractivity contribution is 0.407. The van der Waals surface area contributed by atoms with Crippen LogP contribution in [0.1, 0.15) is 37.3 Å². The van der Waals surface area contributed by atoms with Crippen LogP contribution in [0.25, 0.3) is 0 Å². The molecule has 0 bridgehead atoms. The summed E-state index contributed by atoms with van der Waals surface area (Å²) in [5, 5.41) is 0. The van der Waals surface area contributed by atoms with E-state index in [0.29, 0.717) is 10.9 Å². The highest BCUT2D eigenvalue weighted by Crippen LogP contribution is 2.27. The highest BCUT2D eigenvalue weighted by atomic mass is 32.1. The molecule has 0 spiro atoms. The topological polar surface area (TPSA) is 35.2 Å². The number of aryl methyl sites for hydroxylation is 1. The van der Waals surface area contributed by atoms with Crippen LogP contribution in [0.5, 0.6) is 5.75 Å². The SMILES string of the molecule is COc1ccc(CCC(N)=S)cc1C(C)C. The van der Waals surface area contributed by atoms with Crippen LogP contribution < -0.4 is 10.5 Å². The minimum atomic E-state index is 0.458. The van der Waals surface area contributed by atoms with E-state index in [4.69, 9.17) is 22.7 Å². The third kappa shape index (κ3) is 3.49. The molecule has 1 rings (SSSR count). The zero-order chi connectivity index (χ0) is 12.1. The molecule has 0 aliphatic carbocycles. The number of nitrogens with two attached hydrogens (primary N) is 1. The van der Waals surface area contributed by atoms with Gasteiger partial charge in [0.25, 0.3) is 0 Å². The van der Waals surface area contributed by atoms with E-state index in [-0.39, 0.29) is 0 Å². The zero-order valence-corrected chi connectivity index (χ0v) is 10.9. The molecule has 0 unspecified atom stereocenters. The summed E-state index contributed by atoms with van der Waals surface area (Å²) in [6.45, 7) is 4.32. The fraction of sp³-hybridized carbons (Fsp3) is 0.462. The fourth-order valence-corrected chi connectivity index (χ4v) is 1.76. The Kier molecular flexibility index (Phi) is 4.74. The van der Waals surface area contributed by atoms with Gasteiger partial charge in [0.1, 0.15) is 5.75 Å². The van der Waals surface area contributed by atoms with Crippen LogP contribution in [-0.2, 0) is 6.42 Å². The normalized spacial score (nSPS) is 10.5. The Bertz CT molecular complexity index is 374. The molecule has 0 atom stereocenters. The van der Waals surface area contributed by atoms with Crippen molar-refractivity contribution >= 4 is 17.2 Å². The van der Waals surface area contributed by atoms with Gasteiger partial charge in [-0.05, 0) is 29.5 Å². The molecule has 0 saturated carbocycles. The first-order valence-corrected chi connectivity index (χ1v) is 5.90. The molecule has 0 aliphatic rings. The number of hydrogen-bond donors (Lipinski definition) is 1. The maximum atomic E-state index is 5.50. The molecule has 0 aromatic heterocycles. The molecule has 0 amide bonds. The van der Waals surface area contributed by atoms with Crippen molar-refractivity contribution in [1.82, 2.24) is 0 Å². The maximum Gasteiger partial charge on any atom is 0.122 e. The Morgan fingerprint density at radius 2 is 2.12 bits per heavy atom. The monoisotopic (exact) mass is 237 g/mol. The fourth-order valence-electron chi connectivity index (χ4n) is 1.66. The van der Waals surface area contributed by atoms with Gasteiger partial charge in [0.2, 0.25) is 0 Å². The van der Waals surface area contributed by atoms with Crippen LogP contribution in [0.3, 0.4) is 0 Å². The summed E-state index contributed by atoms with van der Waals surface area (Å²) in [4.78, 5) is 0.571. The van der Waals surface area contributed by atoms with Gasteiger partial charge in [-0.3, -0.25) is 0 Å². The number of ether oxygens (including phenoxy) is 1. The van der Waals surface area contributed by atoms with E-state index in [0.717, 1.165) is 18.6 Å². The molecule has 1 aromatic rings. The third-order valence-corrected chi connectivity index (χ3v) is 2.78. The second kappa shape index (κ2) is 5.85. The number of hydrogen-bond acceptors (Lipinski definition) is 2. The van der Waals surface area contributed by atoms with E-state index in [9.17, 15) is 0 Å². The molecule has 2 N–H and O–H groups in total. The number of rotatable bonds is 5. The average molecular weight is 237 g/mol. The average Bonchev–Trinajstić information content (AvgIpc) is 2.25. The summed E-state index contributed by atoms with van der Waals surface area (Å²) in [7, 11) is 1.70. The second-order valence-electron chi connectivity index (χ2n) is 4.20. The Morgan fingerprint density at radius 3 is 2.62 bits per heavy atom. The van der Waals surface area contributed by atoms with Crippen molar-refractivity contribution in [3.63, 3.8) is 0 Å². The van der Waals surface area contributed by atoms with Crippen LogP contribution >= 0.6 is 12.2 Å². The molecule has 2 nitrogen and oxygen atoms in total. The largest absolute Gasteiger partial charge is 0.496 e. The van der Waals surface area contributed by atoms with Crippen molar-refractivity contribution in [3.05, 3.63) is 29.3 Å². The van der Waals surface area contributed by atoms with Crippen molar-refractivity contribution in [3.8, 4) is 5.75 Å². The van der Waals surface area contributed by atoms with Crippen molar-refractivity contribution in [1.29, 1.82) is 0 Å². The van der Waals surface area contributed by atoms with Gasteiger partial charge in [0.15, 0.2) is 0 Å². The van der Waals surface area contributed by atoms with Crippen LogP contribution in [-0.4, -0.2) is 12.1 Å². The third-order valence-electron chi connectivity index (χ3n) is 2.58. The van der Waals surface area contributed by atoms with Crippen LogP contribution in [0.2, 0.25) is 0 Å². The molecule has 16 heavy (non-hydrogen) atoms. The molecular formula is C13H19NOS. The minimum absolute atomic E-state index is 0.458. The summed E-state index contributed by atoms with van der Waals surface area (Å²) in [6, 6.07) is 6.27. The first-order chi connectivity index (χ1) is 7.54. The minimum Gasteiger partial charge on any atom is -0.496 e. The summed E-state index contributed by atoms with van der Waals surface area (Å²) in [5.74, 6) is 1.41. The summed E-state index contributed by atoms with van der Waals surface area (Å²) >= 11 is 4.88. The number of methoxy groups -OCH3 is 1. The lowest BCUT2D eigenvalue weighted by atomic mass is 9.98. The first kappa shape index (κ1) is 13.0. The van der Waals surface area contributed by atoms with Gasteiger partial charge in [0.05, 0.1) is 12.1 Å². The van der Waals surface area contributed by atoms with Gasteiger partial charge in [-0.2, -0.15) is 0 Å². The smallest absolute Gasteiger partial charge is 0.122 e. The molecule has 0 radical (unpaired) electrons. The Hall–Kier alpha value is -1.09. The van der Waals surface area contributed by atoms with E-state index in [1.165, 1.54) is 11.1 Å². The summed E-state index contributed by atoms with van der Waals surface area (Å²) < 4.78 is 5.34. The van der Waals surface area contributed by atoms with E-state index in [1.54, 1.807) is 7.11 Å². The molecule has 0 fully saturated rings. The van der Waals surface area contributed by atoms with E-state index in [1.807, 2.05) is 6.07 Å². The van der Waals surface area contributed by atoms with Gasteiger partial charge in [-0.1, -0.05) is 38.2 Å². The highest BCUT2D eigenvalue weighted by molar-refractivity contribution is 7.80. The van der Waals surface area contributed by atoms with Gasteiger partial charge >= 0.3 is 0 Å². The quantitative estimate of drug-likeness (QED) is 0.799.